The number of hydrogen-bond donors (Lipinski definition) is 1. The Kier molecular flexibility index (Phi) is 6.06. The number of fused-ring (bicyclic) bond motifs is 1. The topological polar surface area (TPSA) is 93.9 Å². The van der Waals surface area contributed by atoms with Crippen molar-refractivity contribution >= 4 is 28.3 Å². The fourth-order valence-electron chi connectivity index (χ4n) is 4.12. The first-order chi connectivity index (χ1) is 15.3. The highest BCUT2D eigenvalue weighted by Gasteiger charge is 2.42. The molecule has 1 amide bonds. The van der Waals surface area contributed by atoms with Gasteiger partial charge in [-0.05, 0) is 62.1 Å². The number of pyridine rings is 1. The van der Waals surface area contributed by atoms with Crippen LogP contribution in [0.15, 0.2) is 53.7 Å². The van der Waals surface area contributed by atoms with Gasteiger partial charge in [0.15, 0.2) is 5.78 Å². The van der Waals surface area contributed by atoms with Gasteiger partial charge in [0.1, 0.15) is 11.4 Å². The summed E-state index contributed by atoms with van der Waals surface area (Å²) in [5.41, 5.74) is 2.22. The molecule has 1 N–H and O–H groups in total. The Balaban J connectivity index is 1.50. The predicted octanol–water partition coefficient (Wildman–Crippen LogP) is 3.44. The van der Waals surface area contributed by atoms with Gasteiger partial charge < -0.3 is 5.32 Å². The zero-order valence-electron chi connectivity index (χ0n) is 18.4. The largest absolute Gasteiger partial charge is 0.310 e. The van der Waals surface area contributed by atoms with Gasteiger partial charge in [-0.15, -0.1) is 0 Å². The molecule has 7 nitrogen and oxygen atoms in total. The second kappa shape index (κ2) is 8.78. The second-order valence-electron chi connectivity index (χ2n) is 8.20. The lowest BCUT2D eigenvalue weighted by molar-refractivity contribution is -0.115. The molecule has 2 heterocycles. The Hall–Kier alpha value is -3.13. The highest BCUT2D eigenvalue weighted by Crippen LogP contribution is 2.35. The molecular formula is C24H26N4O3S. The first-order valence-electron chi connectivity index (χ1n) is 10.6. The van der Waals surface area contributed by atoms with Gasteiger partial charge in [0.2, 0.25) is 5.91 Å². The van der Waals surface area contributed by atoms with E-state index >= 15 is 0 Å². The van der Waals surface area contributed by atoms with E-state index < -0.39 is 16.3 Å². The van der Waals surface area contributed by atoms with Gasteiger partial charge in [0.05, 0.1) is 22.9 Å². The summed E-state index contributed by atoms with van der Waals surface area (Å²) < 4.78 is 13.6. The Morgan fingerprint density at radius 2 is 2.03 bits per heavy atom. The van der Waals surface area contributed by atoms with Crippen molar-refractivity contribution in [1.29, 1.82) is 0 Å². The van der Waals surface area contributed by atoms with Crippen molar-refractivity contribution in [3.8, 4) is 0 Å². The average molecular weight is 451 g/mol. The normalized spacial score (nSPS) is 18.8. The lowest BCUT2D eigenvalue weighted by Gasteiger charge is -2.34. The summed E-state index contributed by atoms with van der Waals surface area (Å²) in [5.74, 6) is 0.817. The van der Waals surface area contributed by atoms with Crippen LogP contribution in [0.5, 0.6) is 0 Å². The van der Waals surface area contributed by atoms with Crippen LogP contribution in [0.1, 0.15) is 47.4 Å². The number of aryl methyl sites for hydroxylation is 2. The first-order valence-corrected chi connectivity index (χ1v) is 12.0. The average Bonchev–Trinajstić information content (AvgIpc) is 3.32. The number of carbonyl (C=O) groups excluding carboxylic acids is 2. The van der Waals surface area contributed by atoms with Crippen LogP contribution in [0.2, 0.25) is 0 Å². The molecule has 4 rings (SSSR count). The molecule has 166 valence electrons. The molecule has 0 aliphatic heterocycles. The second-order valence-corrected chi connectivity index (χ2v) is 9.94. The SMILES string of the molecule is CCS(=O)c1ccc(CC(=O)Nc2cc(C)c3c(n2)CCC(C)(n2cccn2)C3=O)cc1. The number of Topliss-reactive ketones (excluding diaryl/α,β-unsaturated/α-hetero) is 1. The van der Waals surface area contributed by atoms with Crippen molar-refractivity contribution in [3.63, 3.8) is 0 Å². The first kappa shape index (κ1) is 22.1. The van der Waals surface area contributed by atoms with E-state index in [0.717, 1.165) is 16.0 Å². The van der Waals surface area contributed by atoms with Crippen LogP contribution >= 0.6 is 0 Å². The van der Waals surface area contributed by atoms with Gasteiger partial charge in [-0.1, -0.05) is 19.1 Å². The number of ketones is 1. The molecule has 0 bridgehead atoms. The minimum absolute atomic E-state index is 0.00474. The number of aromatic nitrogens is 3. The minimum atomic E-state index is -1.01. The maximum Gasteiger partial charge on any atom is 0.229 e. The summed E-state index contributed by atoms with van der Waals surface area (Å²) in [7, 11) is -1.01. The number of rotatable bonds is 6. The van der Waals surface area contributed by atoms with Gasteiger partial charge in [-0.3, -0.25) is 18.5 Å². The van der Waals surface area contributed by atoms with Crippen LogP contribution in [-0.4, -0.2) is 36.4 Å². The van der Waals surface area contributed by atoms with Gasteiger partial charge in [0, 0.05) is 28.6 Å². The molecule has 1 aromatic carbocycles. The standard InChI is InChI=1S/C24H26N4O3S/c1-4-32(31)18-8-6-17(7-9-18)15-21(29)27-20-14-16(2)22-19(26-20)10-11-24(3,23(22)30)28-13-5-12-25-28/h5-9,12-14H,4,10-11,15H2,1-3H3,(H,26,27,29). The van der Waals surface area contributed by atoms with E-state index in [1.807, 2.05) is 45.2 Å². The third-order valence-electron chi connectivity index (χ3n) is 5.95. The molecule has 2 aromatic heterocycles. The molecule has 32 heavy (non-hydrogen) atoms. The number of nitrogens with zero attached hydrogens (tertiary/aromatic N) is 3. The number of amides is 1. The van der Waals surface area contributed by atoms with Crippen LogP contribution < -0.4 is 5.32 Å². The van der Waals surface area contributed by atoms with Crippen molar-refractivity contribution in [2.75, 3.05) is 11.1 Å². The number of hydrogen-bond acceptors (Lipinski definition) is 5. The number of benzene rings is 1. The van der Waals surface area contributed by atoms with E-state index in [2.05, 4.69) is 15.4 Å². The van der Waals surface area contributed by atoms with Crippen LogP contribution in [0.3, 0.4) is 0 Å². The molecule has 0 fully saturated rings. The number of anilines is 1. The molecule has 0 saturated heterocycles. The van der Waals surface area contributed by atoms with Gasteiger partial charge in [0.25, 0.3) is 0 Å². The fourth-order valence-corrected chi connectivity index (χ4v) is 4.89. The summed E-state index contributed by atoms with van der Waals surface area (Å²) in [6, 6.07) is 10.8. The molecule has 0 saturated carbocycles. The summed E-state index contributed by atoms with van der Waals surface area (Å²) in [6.07, 6.45) is 4.89. The van der Waals surface area contributed by atoms with Crippen molar-refractivity contribution in [3.05, 3.63) is 71.2 Å². The molecular weight excluding hydrogens is 424 g/mol. The highest BCUT2D eigenvalue weighted by atomic mass is 32.2. The smallest absolute Gasteiger partial charge is 0.229 e. The van der Waals surface area contributed by atoms with Crippen LogP contribution in [0, 0.1) is 6.92 Å². The van der Waals surface area contributed by atoms with Crippen molar-refractivity contribution < 1.29 is 13.8 Å². The Morgan fingerprint density at radius 1 is 1.28 bits per heavy atom. The van der Waals surface area contributed by atoms with Crippen LogP contribution in [0.25, 0.3) is 0 Å². The number of nitrogens with one attached hydrogen (secondary N) is 1. The molecule has 3 aromatic rings. The van der Waals surface area contributed by atoms with Crippen LogP contribution in [0.4, 0.5) is 5.82 Å². The van der Waals surface area contributed by atoms with E-state index in [1.165, 1.54) is 0 Å². The molecule has 2 unspecified atom stereocenters. The summed E-state index contributed by atoms with van der Waals surface area (Å²) in [4.78, 5) is 31.2. The Morgan fingerprint density at radius 3 is 2.69 bits per heavy atom. The maximum atomic E-state index is 13.3. The zero-order valence-corrected chi connectivity index (χ0v) is 19.2. The summed E-state index contributed by atoms with van der Waals surface area (Å²) >= 11 is 0. The van der Waals surface area contributed by atoms with Crippen molar-refractivity contribution in [1.82, 2.24) is 14.8 Å². The quantitative estimate of drug-likeness (QED) is 0.621. The summed E-state index contributed by atoms with van der Waals surface area (Å²) in [5, 5.41) is 7.14. The third-order valence-corrected chi connectivity index (χ3v) is 7.27. The van der Waals surface area contributed by atoms with E-state index in [-0.39, 0.29) is 18.1 Å². The highest BCUT2D eigenvalue weighted by molar-refractivity contribution is 7.85. The third kappa shape index (κ3) is 4.14. The fraction of sp³-hybridized carbons (Fsp3) is 0.333. The zero-order chi connectivity index (χ0) is 22.9. The molecule has 1 aliphatic rings. The monoisotopic (exact) mass is 450 g/mol. The van der Waals surface area contributed by atoms with E-state index in [1.54, 1.807) is 29.1 Å². The Bertz CT molecular complexity index is 1190. The van der Waals surface area contributed by atoms with Gasteiger partial charge in [-0.2, -0.15) is 5.10 Å². The molecule has 8 heteroatoms. The van der Waals surface area contributed by atoms with E-state index in [9.17, 15) is 13.8 Å². The molecule has 0 radical (unpaired) electrons. The molecule has 0 spiro atoms. The molecule has 1 aliphatic carbocycles. The lowest BCUT2D eigenvalue weighted by Crippen LogP contribution is -2.44. The van der Waals surface area contributed by atoms with Crippen molar-refractivity contribution in [2.45, 2.75) is 50.5 Å². The van der Waals surface area contributed by atoms with Gasteiger partial charge >= 0.3 is 0 Å². The predicted molar refractivity (Wildman–Crippen MR) is 123 cm³/mol. The van der Waals surface area contributed by atoms with Crippen LogP contribution in [-0.2, 0) is 34.0 Å². The Labute approximate surface area is 189 Å². The van der Waals surface area contributed by atoms with Crippen molar-refractivity contribution in [2.24, 2.45) is 0 Å². The maximum absolute atomic E-state index is 13.3. The molecule has 2 atom stereocenters. The van der Waals surface area contributed by atoms with E-state index in [4.69, 9.17) is 0 Å². The lowest BCUT2D eigenvalue weighted by atomic mass is 9.78. The minimum Gasteiger partial charge on any atom is -0.310 e. The van der Waals surface area contributed by atoms with E-state index in [0.29, 0.717) is 35.7 Å². The summed E-state index contributed by atoms with van der Waals surface area (Å²) in [6.45, 7) is 5.65. The van der Waals surface area contributed by atoms with Gasteiger partial charge in [-0.25, -0.2) is 4.98 Å². The number of carbonyl (C=O) groups is 2.